The maximum absolute atomic E-state index is 12.3. The van der Waals surface area contributed by atoms with Gasteiger partial charge in [0.1, 0.15) is 0 Å². The summed E-state index contributed by atoms with van der Waals surface area (Å²) in [5, 5.41) is 0. The molecule has 0 aliphatic rings. The molecule has 0 heterocycles. The molecular weight excluding hydrogens is 228 g/mol. The Morgan fingerprint density at radius 1 is 1.24 bits per heavy atom. The highest BCUT2D eigenvalue weighted by molar-refractivity contribution is 7.85. The van der Waals surface area contributed by atoms with E-state index in [1.54, 1.807) is 0 Å². The molecule has 0 spiro atoms. The fourth-order valence-corrected chi connectivity index (χ4v) is 3.68. The minimum absolute atomic E-state index is 0.607. The van der Waals surface area contributed by atoms with E-state index >= 15 is 0 Å². The monoisotopic (exact) mass is 252 g/mol. The molecule has 17 heavy (non-hydrogen) atoms. The molecule has 1 aromatic carbocycles. The van der Waals surface area contributed by atoms with Gasteiger partial charge in [-0.2, -0.15) is 0 Å². The van der Waals surface area contributed by atoms with E-state index in [0.717, 1.165) is 22.6 Å². The van der Waals surface area contributed by atoms with Crippen molar-refractivity contribution < 1.29 is 4.21 Å². The molecule has 0 bridgehead atoms. The maximum Gasteiger partial charge on any atom is 0.0534 e. The van der Waals surface area contributed by atoms with Crippen LogP contribution in [0.25, 0.3) is 0 Å². The molecule has 0 fully saturated rings. The van der Waals surface area contributed by atoms with E-state index in [0.29, 0.717) is 5.92 Å². The summed E-state index contributed by atoms with van der Waals surface area (Å²) >= 11 is 0. The number of unbranched alkanes of at least 4 members (excludes halogenated alkanes) is 1. The molecule has 0 aliphatic heterocycles. The van der Waals surface area contributed by atoms with Crippen molar-refractivity contribution in [2.75, 3.05) is 5.75 Å². The lowest BCUT2D eigenvalue weighted by Crippen LogP contribution is -2.11. The topological polar surface area (TPSA) is 17.1 Å². The van der Waals surface area contributed by atoms with Gasteiger partial charge in [0.25, 0.3) is 0 Å². The molecule has 0 N–H and O–H groups in total. The van der Waals surface area contributed by atoms with Crippen LogP contribution in [0.3, 0.4) is 0 Å². The van der Waals surface area contributed by atoms with Crippen LogP contribution in [0.1, 0.15) is 45.1 Å². The van der Waals surface area contributed by atoms with Gasteiger partial charge >= 0.3 is 0 Å². The van der Waals surface area contributed by atoms with Crippen molar-refractivity contribution in [2.24, 2.45) is 5.92 Å². The van der Waals surface area contributed by atoms with Crippen LogP contribution in [-0.2, 0) is 10.8 Å². The first-order chi connectivity index (χ1) is 8.19. The molecule has 0 saturated heterocycles. The molecule has 0 amide bonds. The molecule has 0 aliphatic carbocycles. The Kier molecular flexibility index (Phi) is 6.49. The molecule has 2 atom stereocenters. The van der Waals surface area contributed by atoms with Crippen LogP contribution in [0.15, 0.2) is 29.2 Å². The van der Waals surface area contributed by atoms with Gasteiger partial charge in [0.15, 0.2) is 0 Å². The Morgan fingerprint density at radius 3 is 2.53 bits per heavy atom. The van der Waals surface area contributed by atoms with Crippen LogP contribution in [0.5, 0.6) is 0 Å². The fourth-order valence-electron chi connectivity index (χ4n) is 2.01. The summed E-state index contributed by atoms with van der Waals surface area (Å²) in [6, 6.07) is 8.02. The van der Waals surface area contributed by atoms with E-state index in [4.69, 9.17) is 0 Å². The zero-order valence-electron chi connectivity index (χ0n) is 11.2. The van der Waals surface area contributed by atoms with E-state index in [-0.39, 0.29) is 0 Å². The van der Waals surface area contributed by atoms with Crippen molar-refractivity contribution >= 4 is 10.8 Å². The first kappa shape index (κ1) is 14.4. The SMILES string of the molecule is CCCCC(CC)CS(=O)c1ccccc1C. The van der Waals surface area contributed by atoms with Gasteiger partial charge in [0.05, 0.1) is 10.8 Å². The summed E-state index contributed by atoms with van der Waals surface area (Å²) < 4.78 is 12.3. The number of hydrogen-bond donors (Lipinski definition) is 0. The predicted octanol–water partition coefficient (Wildman–Crippen LogP) is 4.32. The molecule has 2 heteroatoms. The molecule has 0 saturated carbocycles. The van der Waals surface area contributed by atoms with E-state index in [2.05, 4.69) is 13.8 Å². The van der Waals surface area contributed by atoms with Gasteiger partial charge in [0.2, 0.25) is 0 Å². The summed E-state index contributed by atoms with van der Waals surface area (Å²) in [5.74, 6) is 1.43. The van der Waals surface area contributed by atoms with E-state index < -0.39 is 10.8 Å². The van der Waals surface area contributed by atoms with Crippen LogP contribution in [0, 0.1) is 12.8 Å². The standard InChI is InChI=1S/C15H24OS/c1-4-6-10-14(5-2)12-17(16)15-11-8-7-9-13(15)3/h7-9,11,14H,4-6,10,12H2,1-3H3. The van der Waals surface area contributed by atoms with Crippen molar-refractivity contribution in [1.29, 1.82) is 0 Å². The lowest BCUT2D eigenvalue weighted by molar-refractivity contribution is 0.494. The van der Waals surface area contributed by atoms with Crippen molar-refractivity contribution in [3.63, 3.8) is 0 Å². The zero-order valence-corrected chi connectivity index (χ0v) is 12.1. The minimum atomic E-state index is -0.828. The quantitative estimate of drug-likeness (QED) is 0.706. The van der Waals surface area contributed by atoms with E-state index in [9.17, 15) is 4.21 Å². The Bertz CT molecular complexity index is 360. The highest BCUT2D eigenvalue weighted by Gasteiger charge is 2.13. The Balaban J connectivity index is 2.61. The summed E-state index contributed by atoms with van der Waals surface area (Å²) in [4.78, 5) is 1.02. The lowest BCUT2D eigenvalue weighted by atomic mass is 10.0. The molecule has 96 valence electrons. The maximum atomic E-state index is 12.3. The summed E-state index contributed by atoms with van der Waals surface area (Å²) in [6.45, 7) is 6.46. The van der Waals surface area contributed by atoms with Gasteiger partial charge in [-0.05, 0) is 30.9 Å². The second kappa shape index (κ2) is 7.65. The van der Waals surface area contributed by atoms with Crippen molar-refractivity contribution in [1.82, 2.24) is 0 Å². The summed E-state index contributed by atoms with van der Waals surface area (Å²) in [5.41, 5.74) is 1.15. The first-order valence-corrected chi connectivity index (χ1v) is 7.94. The van der Waals surface area contributed by atoms with Crippen LogP contribution in [-0.4, -0.2) is 9.96 Å². The second-order valence-electron chi connectivity index (χ2n) is 4.69. The number of hydrogen-bond acceptors (Lipinski definition) is 1. The molecule has 1 rings (SSSR count). The smallest absolute Gasteiger partial charge is 0.0534 e. The number of benzene rings is 1. The van der Waals surface area contributed by atoms with Crippen molar-refractivity contribution in [3.05, 3.63) is 29.8 Å². The van der Waals surface area contributed by atoms with Crippen LogP contribution in [0.2, 0.25) is 0 Å². The second-order valence-corrected chi connectivity index (χ2v) is 6.16. The summed E-state index contributed by atoms with van der Waals surface area (Å²) in [7, 11) is -0.828. The van der Waals surface area contributed by atoms with Gasteiger partial charge in [-0.3, -0.25) is 4.21 Å². The van der Waals surface area contributed by atoms with Crippen LogP contribution >= 0.6 is 0 Å². The molecular formula is C15H24OS. The average molecular weight is 252 g/mol. The first-order valence-electron chi connectivity index (χ1n) is 6.63. The van der Waals surface area contributed by atoms with E-state index in [1.165, 1.54) is 19.3 Å². The van der Waals surface area contributed by atoms with Gasteiger partial charge in [-0.25, -0.2) is 0 Å². The van der Waals surface area contributed by atoms with Crippen molar-refractivity contribution in [3.8, 4) is 0 Å². The lowest BCUT2D eigenvalue weighted by Gasteiger charge is -2.14. The van der Waals surface area contributed by atoms with Crippen molar-refractivity contribution in [2.45, 2.75) is 51.3 Å². The minimum Gasteiger partial charge on any atom is -0.254 e. The molecule has 0 aromatic heterocycles. The Labute approximate surface area is 108 Å². The fraction of sp³-hybridized carbons (Fsp3) is 0.600. The Hall–Kier alpha value is -0.630. The average Bonchev–Trinajstić information content (AvgIpc) is 2.34. The molecule has 0 radical (unpaired) electrons. The summed E-state index contributed by atoms with van der Waals surface area (Å²) in [6.07, 6.45) is 4.83. The highest BCUT2D eigenvalue weighted by Crippen LogP contribution is 2.19. The Morgan fingerprint density at radius 2 is 1.94 bits per heavy atom. The third-order valence-electron chi connectivity index (χ3n) is 3.27. The third-order valence-corrected chi connectivity index (χ3v) is 4.99. The van der Waals surface area contributed by atoms with Crippen LogP contribution < -0.4 is 0 Å². The van der Waals surface area contributed by atoms with Crippen LogP contribution in [0.4, 0.5) is 0 Å². The third kappa shape index (κ3) is 4.63. The van der Waals surface area contributed by atoms with Gasteiger partial charge in [-0.1, -0.05) is 51.3 Å². The molecule has 1 nitrogen and oxygen atoms in total. The van der Waals surface area contributed by atoms with Gasteiger partial charge < -0.3 is 0 Å². The highest BCUT2D eigenvalue weighted by atomic mass is 32.2. The number of rotatable bonds is 7. The number of aryl methyl sites for hydroxylation is 1. The molecule has 2 unspecified atom stereocenters. The normalized spacial score (nSPS) is 14.5. The predicted molar refractivity (Wildman–Crippen MR) is 75.8 cm³/mol. The van der Waals surface area contributed by atoms with E-state index in [1.807, 2.05) is 31.2 Å². The zero-order chi connectivity index (χ0) is 12.7. The molecule has 1 aromatic rings. The van der Waals surface area contributed by atoms with Gasteiger partial charge in [0, 0.05) is 10.6 Å². The van der Waals surface area contributed by atoms with Gasteiger partial charge in [-0.15, -0.1) is 0 Å². The largest absolute Gasteiger partial charge is 0.254 e.